The zero-order valence-electron chi connectivity index (χ0n) is 18.1. The summed E-state index contributed by atoms with van der Waals surface area (Å²) in [4.78, 5) is 24.4. The van der Waals surface area contributed by atoms with Gasteiger partial charge in [-0.15, -0.1) is 0 Å². The maximum atomic E-state index is 12.9. The molecule has 0 radical (unpaired) electrons. The minimum Gasteiger partial charge on any atom is -0.462 e. The van der Waals surface area contributed by atoms with E-state index in [1.807, 2.05) is 0 Å². The third-order valence-electron chi connectivity index (χ3n) is 5.96. The number of sulfonamides is 1. The van der Waals surface area contributed by atoms with Crippen molar-refractivity contribution in [1.29, 1.82) is 0 Å². The number of piperidine rings is 1. The Morgan fingerprint density at radius 3 is 2.45 bits per heavy atom. The lowest BCUT2D eigenvalue weighted by Crippen LogP contribution is -2.43. The average molecular weight is 449 g/mol. The molecular weight excluding hydrogens is 416 g/mol. The van der Waals surface area contributed by atoms with Crippen molar-refractivity contribution in [3.63, 3.8) is 0 Å². The molecule has 2 aliphatic rings. The van der Waals surface area contributed by atoms with Gasteiger partial charge in [0.1, 0.15) is 0 Å². The number of amides is 1. The molecule has 0 spiro atoms. The molecule has 31 heavy (non-hydrogen) atoms. The van der Waals surface area contributed by atoms with E-state index in [1.165, 1.54) is 47.0 Å². The number of rotatable bonds is 8. The van der Waals surface area contributed by atoms with E-state index < -0.39 is 16.0 Å². The van der Waals surface area contributed by atoms with Gasteiger partial charge in [0, 0.05) is 25.6 Å². The highest BCUT2D eigenvalue weighted by Crippen LogP contribution is 2.25. The summed E-state index contributed by atoms with van der Waals surface area (Å²) in [6.45, 7) is 3.25. The molecule has 3 rings (SSSR count). The molecule has 1 heterocycles. The number of nitrogens with zero attached hydrogens (tertiary/aromatic N) is 1. The first-order valence-corrected chi connectivity index (χ1v) is 12.6. The summed E-state index contributed by atoms with van der Waals surface area (Å²) < 4.78 is 32.2. The molecule has 1 N–H and O–H groups in total. The van der Waals surface area contributed by atoms with E-state index in [9.17, 15) is 18.0 Å². The molecule has 1 aromatic carbocycles. The van der Waals surface area contributed by atoms with Gasteiger partial charge in [0.05, 0.1) is 17.1 Å². The number of carbonyl (C=O) groups excluding carboxylic acids is 2. The Kier molecular flexibility index (Phi) is 8.26. The highest BCUT2D eigenvalue weighted by molar-refractivity contribution is 7.89. The number of benzene rings is 1. The zero-order chi connectivity index (χ0) is 22.3. The molecule has 0 atom stereocenters. The monoisotopic (exact) mass is 448 g/mol. The summed E-state index contributed by atoms with van der Waals surface area (Å²) in [5.41, 5.74) is 1.75. The Balaban J connectivity index is 1.49. The lowest BCUT2D eigenvalue weighted by atomic mass is 9.96. The molecule has 1 fully saturated rings. The molecule has 1 aliphatic heterocycles. The normalized spacial score (nSPS) is 18.3. The molecule has 0 aromatic heterocycles. The molecule has 1 aliphatic carbocycles. The van der Waals surface area contributed by atoms with E-state index in [-0.39, 0.29) is 23.3 Å². The van der Waals surface area contributed by atoms with Crippen LogP contribution in [0, 0.1) is 5.92 Å². The number of nitrogens with one attached hydrogen (secondary N) is 1. The van der Waals surface area contributed by atoms with Gasteiger partial charge in [0.2, 0.25) is 15.9 Å². The summed E-state index contributed by atoms with van der Waals surface area (Å²) in [6.07, 6.45) is 8.97. The minimum absolute atomic E-state index is 0.0206. The molecule has 0 saturated carbocycles. The van der Waals surface area contributed by atoms with Gasteiger partial charge in [-0.3, -0.25) is 4.79 Å². The van der Waals surface area contributed by atoms with Crippen molar-refractivity contribution in [3.8, 4) is 0 Å². The fourth-order valence-corrected chi connectivity index (χ4v) is 5.58. The van der Waals surface area contributed by atoms with Crippen molar-refractivity contribution in [3.05, 3.63) is 41.5 Å². The van der Waals surface area contributed by atoms with Gasteiger partial charge in [-0.25, -0.2) is 13.2 Å². The highest BCUT2D eigenvalue weighted by atomic mass is 32.2. The lowest BCUT2D eigenvalue weighted by molar-refractivity contribution is -0.126. The Morgan fingerprint density at radius 2 is 1.84 bits per heavy atom. The van der Waals surface area contributed by atoms with Gasteiger partial charge in [-0.1, -0.05) is 11.6 Å². The van der Waals surface area contributed by atoms with E-state index in [4.69, 9.17) is 4.74 Å². The van der Waals surface area contributed by atoms with Gasteiger partial charge in [-0.05, 0) is 76.1 Å². The minimum atomic E-state index is -3.66. The summed E-state index contributed by atoms with van der Waals surface area (Å²) in [5.74, 6) is -0.608. The fourth-order valence-electron chi connectivity index (χ4n) is 4.11. The van der Waals surface area contributed by atoms with E-state index in [0.717, 1.165) is 19.3 Å². The molecule has 1 aromatic rings. The van der Waals surface area contributed by atoms with Gasteiger partial charge in [0.25, 0.3) is 0 Å². The predicted molar refractivity (Wildman–Crippen MR) is 118 cm³/mol. The molecular formula is C23H32N2O5S. The number of ether oxygens (including phenoxy) is 1. The zero-order valence-corrected chi connectivity index (χ0v) is 19.0. The van der Waals surface area contributed by atoms with Crippen molar-refractivity contribution in [2.75, 3.05) is 26.2 Å². The molecule has 8 heteroatoms. The molecule has 7 nitrogen and oxygen atoms in total. The smallest absolute Gasteiger partial charge is 0.338 e. The van der Waals surface area contributed by atoms with Crippen LogP contribution in [-0.2, 0) is 19.6 Å². The topological polar surface area (TPSA) is 92.8 Å². The Bertz CT molecular complexity index is 900. The third kappa shape index (κ3) is 6.17. The van der Waals surface area contributed by atoms with Crippen LogP contribution in [0.1, 0.15) is 62.2 Å². The largest absolute Gasteiger partial charge is 0.462 e. The van der Waals surface area contributed by atoms with Crippen LogP contribution in [-0.4, -0.2) is 50.8 Å². The molecule has 0 unspecified atom stereocenters. The van der Waals surface area contributed by atoms with Crippen LogP contribution in [0.4, 0.5) is 0 Å². The lowest BCUT2D eigenvalue weighted by Gasteiger charge is -2.30. The summed E-state index contributed by atoms with van der Waals surface area (Å²) in [5, 5.41) is 3.02. The van der Waals surface area contributed by atoms with E-state index in [0.29, 0.717) is 38.0 Å². The van der Waals surface area contributed by atoms with Crippen molar-refractivity contribution in [1.82, 2.24) is 9.62 Å². The van der Waals surface area contributed by atoms with Gasteiger partial charge < -0.3 is 10.1 Å². The molecule has 0 bridgehead atoms. The van der Waals surface area contributed by atoms with Crippen LogP contribution in [0.2, 0.25) is 0 Å². The summed E-state index contributed by atoms with van der Waals surface area (Å²) in [7, 11) is -3.66. The van der Waals surface area contributed by atoms with Gasteiger partial charge in [0.15, 0.2) is 0 Å². The van der Waals surface area contributed by atoms with Crippen molar-refractivity contribution in [2.45, 2.75) is 56.8 Å². The maximum Gasteiger partial charge on any atom is 0.338 e. The van der Waals surface area contributed by atoms with Crippen LogP contribution >= 0.6 is 0 Å². The SMILES string of the molecule is CCOC(=O)c1ccc(S(=O)(=O)N2CCC(C(=O)NCCC3=CCCCC3)CC2)cc1. The van der Waals surface area contributed by atoms with Gasteiger partial charge >= 0.3 is 5.97 Å². The van der Waals surface area contributed by atoms with Gasteiger partial charge in [-0.2, -0.15) is 4.31 Å². The van der Waals surface area contributed by atoms with Crippen LogP contribution in [0.15, 0.2) is 40.8 Å². The molecule has 1 amide bonds. The fraction of sp³-hybridized carbons (Fsp3) is 0.565. The van der Waals surface area contributed by atoms with Crippen molar-refractivity contribution in [2.24, 2.45) is 5.92 Å². The van der Waals surface area contributed by atoms with Crippen molar-refractivity contribution < 1.29 is 22.7 Å². The van der Waals surface area contributed by atoms with Crippen molar-refractivity contribution >= 4 is 21.9 Å². The predicted octanol–water partition coefficient (Wildman–Crippen LogP) is 3.27. The second kappa shape index (κ2) is 10.9. The third-order valence-corrected chi connectivity index (χ3v) is 7.87. The standard InChI is InChI=1S/C23H32N2O5S/c1-2-30-23(27)20-8-10-21(11-9-20)31(28,29)25-16-13-19(14-17-25)22(26)24-15-12-18-6-4-3-5-7-18/h6,8-11,19H,2-5,7,12-17H2,1H3,(H,24,26). The first-order chi connectivity index (χ1) is 14.9. The summed E-state index contributed by atoms with van der Waals surface area (Å²) in [6, 6.07) is 5.79. The number of hydrogen-bond donors (Lipinski definition) is 1. The van der Waals surface area contributed by atoms with Crippen LogP contribution < -0.4 is 5.32 Å². The van der Waals surface area contributed by atoms with E-state index in [2.05, 4.69) is 11.4 Å². The second-order valence-corrected chi connectivity index (χ2v) is 10.0. The summed E-state index contributed by atoms with van der Waals surface area (Å²) >= 11 is 0. The first kappa shape index (κ1) is 23.5. The maximum absolute atomic E-state index is 12.9. The van der Waals surface area contributed by atoms with Crippen LogP contribution in [0.3, 0.4) is 0 Å². The Morgan fingerprint density at radius 1 is 1.13 bits per heavy atom. The average Bonchev–Trinajstić information content (AvgIpc) is 2.80. The Hall–Kier alpha value is -2.19. The molecule has 170 valence electrons. The number of allylic oxidation sites excluding steroid dienone is 1. The van der Waals surface area contributed by atoms with Crippen LogP contribution in [0.5, 0.6) is 0 Å². The van der Waals surface area contributed by atoms with E-state index >= 15 is 0 Å². The molecule has 1 saturated heterocycles. The Labute approximate surface area is 184 Å². The first-order valence-electron chi connectivity index (χ1n) is 11.1. The van der Waals surface area contributed by atoms with E-state index in [1.54, 1.807) is 6.92 Å². The highest BCUT2D eigenvalue weighted by Gasteiger charge is 2.32. The number of carbonyl (C=O) groups is 2. The second-order valence-electron chi connectivity index (χ2n) is 8.07. The van der Waals surface area contributed by atoms with Crippen LogP contribution in [0.25, 0.3) is 0 Å². The number of hydrogen-bond acceptors (Lipinski definition) is 5. The quantitative estimate of drug-likeness (QED) is 0.487. The number of esters is 1.